The molecule has 1 amide bonds. The van der Waals surface area contributed by atoms with Crippen LogP contribution >= 0.6 is 11.6 Å². The van der Waals surface area contributed by atoms with E-state index in [1.807, 2.05) is 0 Å². The number of hydrogen-bond acceptors (Lipinski definition) is 1. The fourth-order valence-corrected chi connectivity index (χ4v) is 0.0818. The number of rotatable bonds is 2. The molecule has 29 valence electrons. The zero-order chi connectivity index (χ0) is 4.12. The smallest absolute Gasteiger partial charge is 0.310 e. The Hall–Kier alpha value is -0.240. The first-order chi connectivity index (χ1) is 2.41. The fourth-order valence-electron chi connectivity index (χ4n) is 0.0273. The molecule has 0 unspecified atom stereocenters. The molecule has 0 heterocycles. The van der Waals surface area contributed by atoms with E-state index in [2.05, 4.69) is 5.32 Å². The molecule has 0 aromatic rings. The van der Waals surface area contributed by atoms with E-state index < -0.39 is 0 Å². The molecule has 0 aliphatic rings. The van der Waals surface area contributed by atoms with Crippen molar-refractivity contribution in [2.75, 3.05) is 6.00 Å². The van der Waals surface area contributed by atoms with Crippen LogP contribution in [0.25, 0.3) is 0 Å². The molecule has 0 fully saturated rings. The van der Waals surface area contributed by atoms with Gasteiger partial charge in [-0.3, -0.25) is 4.79 Å². The van der Waals surface area contributed by atoms with Crippen LogP contribution in [0.5, 0.6) is 0 Å². The average Bonchev–Trinajstić information content (AvgIpc) is 1.41. The molecular formula is C2H3ClNO. The van der Waals surface area contributed by atoms with Gasteiger partial charge in [-0.2, -0.15) is 0 Å². The molecule has 0 aromatic carbocycles. The predicted molar refractivity (Wildman–Crippen MR) is 19.5 cm³/mol. The molecule has 0 atom stereocenters. The van der Waals surface area contributed by atoms with Crippen LogP contribution in [0, 0.1) is 0 Å². The van der Waals surface area contributed by atoms with E-state index in [0.717, 1.165) is 0 Å². The molecule has 0 aromatic heterocycles. The lowest BCUT2D eigenvalue weighted by Gasteiger charge is -1.74. The molecule has 0 aliphatic heterocycles. The lowest BCUT2D eigenvalue weighted by Crippen LogP contribution is -2.05. The summed E-state index contributed by atoms with van der Waals surface area (Å²) in [5.41, 5.74) is 0. The Bertz CT molecular complexity index is 30.8. The van der Waals surface area contributed by atoms with Gasteiger partial charge >= 0.3 is 6.41 Å². The first kappa shape index (κ1) is 4.76. The third-order valence-corrected chi connectivity index (χ3v) is 0.273. The van der Waals surface area contributed by atoms with Crippen LogP contribution < -0.4 is 5.32 Å². The van der Waals surface area contributed by atoms with Crippen molar-refractivity contribution >= 4 is 18.0 Å². The topological polar surface area (TPSA) is 29.1 Å². The minimum Gasteiger partial charge on any atom is -0.334 e. The standard InChI is InChI=1S/C2H3ClNO/c3-1-4-2-5/h1H2,(H,4,5). The van der Waals surface area contributed by atoms with Crippen LogP contribution in [0.3, 0.4) is 0 Å². The van der Waals surface area contributed by atoms with Crippen molar-refractivity contribution in [2.45, 2.75) is 0 Å². The van der Waals surface area contributed by atoms with Crippen LogP contribution in [-0.2, 0) is 4.79 Å². The highest BCUT2D eigenvalue weighted by Crippen LogP contribution is 1.56. The Morgan fingerprint density at radius 2 is 2.60 bits per heavy atom. The van der Waals surface area contributed by atoms with Crippen LogP contribution in [0.4, 0.5) is 0 Å². The van der Waals surface area contributed by atoms with Gasteiger partial charge in [-0.1, -0.05) is 0 Å². The Kier molecular flexibility index (Phi) is 3.58. The highest BCUT2D eigenvalue weighted by atomic mass is 35.5. The second kappa shape index (κ2) is 3.76. The van der Waals surface area contributed by atoms with E-state index in [4.69, 9.17) is 16.4 Å². The first-order valence-electron chi connectivity index (χ1n) is 1.07. The molecule has 2 nitrogen and oxygen atoms in total. The van der Waals surface area contributed by atoms with Crippen molar-refractivity contribution < 1.29 is 4.79 Å². The number of hydrogen-bond donors (Lipinski definition) is 1. The maximum atomic E-state index is 9.08. The van der Waals surface area contributed by atoms with Crippen LogP contribution in [0.2, 0.25) is 0 Å². The van der Waals surface area contributed by atoms with Crippen LogP contribution in [-0.4, -0.2) is 12.4 Å². The largest absolute Gasteiger partial charge is 0.334 e. The highest BCUT2D eigenvalue weighted by molar-refractivity contribution is 6.18. The van der Waals surface area contributed by atoms with E-state index >= 15 is 0 Å². The maximum Gasteiger partial charge on any atom is 0.310 e. The predicted octanol–water partition coefficient (Wildman–Crippen LogP) is -0.161. The lowest BCUT2D eigenvalue weighted by molar-refractivity contribution is 0.547. The van der Waals surface area contributed by atoms with Gasteiger partial charge in [0.2, 0.25) is 0 Å². The summed E-state index contributed by atoms with van der Waals surface area (Å²) < 4.78 is 0. The Morgan fingerprint density at radius 3 is 2.60 bits per heavy atom. The van der Waals surface area contributed by atoms with Crippen molar-refractivity contribution in [1.29, 1.82) is 0 Å². The van der Waals surface area contributed by atoms with Crippen molar-refractivity contribution in [3.8, 4) is 0 Å². The molecule has 0 rings (SSSR count). The molecule has 0 saturated heterocycles. The molecule has 0 aliphatic carbocycles. The molecular weight excluding hydrogens is 89.5 g/mol. The van der Waals surface area contributed by atoms with Crippen molar-refractivity contribution in [1.82, 2.24) is 5.32 Å². The number of alkyl halides is 1. The van der Waals surface area contributed by atoms with Crippen LogP contribution in [0.1, 0.15) is 0 Å². The quantitative estimate of drug-likeness (QED) is 0.286. The van der Waals surface area contributed by atoms with Gasteiger partial charge in [-0.05, 0) is 0 Å². The monoisotopic (exact) mass is 92.0 g/mol. The number of carbonyl (C=O) groups excluding carboxylic acids is 1. The second-order valence-corrected chi connectivity index (χ2v) is 0.680. The summed E-state index contributed by atoms with van der Waals surface area (Å²) in [7, 11) is 0. The van der Waals surface area contributed by atoms with E-state index in [1.54, 1.807) is 0 Å². The minimum atomic E-state index is 0.142. The van der Waals surface area contributed by atoms with E-state index in [9.17, 15) is 0 Å². The summed E-state index contributed by atoms with van der Waals surface area (Å²) in [6, 6.07) is 0.142. The van der Waals surface area contributed by atoms with Gasteiger partial charge in [0.05, 0.1) is 6.00 Å². The molecule has 1 radical (unpaired) electrons. The third kappa shape index (κ3) is 3.76. The number of amides is 1. The Balaban J connectivity index is 2.40. The van der Waals surface area contributed by atoms with E-state index in [-0.39, 0.29) is 6.00 Å². The average molecular weight is 92.5 g/mol. The van der Waals surface area contributed by atoms with Crippen LogP contribution in [0.15, 0.2) is 0 Å². The second-order valence-electron chi connectivity index (χ2n) is 0.412. The van der Waals surface area contributed by atoms with Gasteiger partial charge in [-0.25, -0.2) is 0 Å². The molecule has 0 saturated carbocycles. The molecule has 0 bridgehead atoms. The fraction of sp³-hybridized carbons (Fsp3) is 0.500. The van der Waals surface area contributed by atoms with E-state index in [1.165, 1.54) is 6.41 Å². The minimum absolute atomic E-state index is 0.142. The summed E-state index contributed by atoms with van der Waals surface area (Å²) in [6.45, 7) is 0. The first-order valence-corrected chi connectivity index (χ1v) is 1.61. The molecule has 1 N–H and O–H groups in total. The SMILES string of the molecule is O=[C]NCCl. The number of nitrogens with one attached hydrogen (secondary N) is 1. The summed E-state index contributed by atoms with van der Waals surface area (Å²) in [6.07, 6.45) is 1.39. The summed E-state index contributed by atoms with van der Waals surface area (Å²) in [4.78, 5) is 9.08. The summed E-state index contributed by atoms with van der Waals surface area (Å²) in [5, 5.41) is 2.07. The maximum absolute atomic E-state index is 9.08. The van der Waals surface area contributed by atoms with E-state index in [0.29, 0.717) is 0 Å². The molecule has 3 heteroatoms. The number of halogens is 1. The van der Waals surface area contributed by atoms with Gasteiger partial charge in [0, 0.05) is 0 Å². The van der Waals surface area contributed by atoms with Gasteiger partial charge in [-0.15, -0.1) is 11.6 Å². The summed E-state index contributed by atoms with van der Waals surface area (Å²) >= 11 is 4.93. The van der Waals surface area contributed by atoms with Gasteiger partial charge in [0.1, 0.15) is 0 Å². The highest BCUT2D eigenvalue weighted by Gasteiger charge is 1.64. The Morgan fingerprint density at radius 1 is 2.00 bits per heavy atom. The van der Waals surface area contributed by atoms with Crippen molar-refractivity contribution in [2.24, 2.45) is 0 Å². The zero-order valence-electron chi connectivity index (χ0n) is 2.49. The van der Waals surface area contributed by atoms with Crippen molar-refractivity contribution in [3.05, 3.63) is 0 Å². The van der Waals surface area contributed by atoms with Gasteiger partial charge in [0.25, 0.3) is 0 Å². The molecule has 5 heavy (non-hydrogen) atoms. The lowest BCUT2D eigenvalue weighted by atomic mass is 11.2. The third-order valence-electron chi connectivity index (χ3n) is 0.139. The molecule has 0 spiro atoms. The van der Waals surface area contributed by atoms with Crippen molar-refractivity contribution in [3.63, 3.8) is 0 Å². The normalized spacial score (nSPS) is 6.60. The summed E-state index contributed by atoms with van der Waals surface area (Å²) in [5.74, 6) is 0. The zero-order valence-corrected chi connectivity index (χ0v) is 3.25. The van der Waals surface area contributed by atoms with Gasteiger partial charge < -0.3 is 5.32 Å². The van der Waals surface area contributed by atoms with Gasteiger partial charge in [0.15, 0.2) is 0 Å². The Labute approximate surface area is 35.1 Å².